The second-order valence-electron chi connectivity index (χ2n) is 12.4. The number of allylic oxidation sites excluding steroid dienone is 1. The molecule has 1 aliphatic heterocycles. The number of carbonyl (C=O) groups is 3. The van der Waals surface area contributed by atoms with Crippen molar-refractivity contribution in [1.82, 2.24) is 9.80 Å². The molecule has 1 aliphatic rings. The molecular formula is C36H44BN5O13. The number of ether oxygens (including phenoxy) is 3. The SMILES string of the molecule is [B]C1(O)N(CCOCCOC)C(O)(O)C(O)(O)N(CC(=O)N(C)c2ccc(N/C(=C(\C=O)c3ccc(C(=O)OC)cc3NC)c3ccccc3)cc2)C1(O)O. The highest BCUT2D eigenvalue weighted by molar-refractivity contribution is 6.20. The van der Waals surface area contributed by atoms with Gasteiger partial charge in [0.2, 0.25) is 5.91 Å². The van der Waals surface area contributed by atoms with Crippen molar-refractivity contribution in [3.63, 3.8) is 0 Å². The number of esters is 1. The molecule has 1 atom stereocenters. The second kappa shape index (κ2) is 17.4. The number of nitrogens with one attached hydrogen (secondary N) is 2. The Balaban J connectivity index is 1.60. The van der Waals surface area contributed by atoms with Gasteiger partial charge in [-0.1, -0.05) is 36.4 Å². The Morgan fingerprint density at radius 2 is 1.47 bits per heavy atom. The van der Waals surface area contributed by atoms with Gasteiger partial charge in [-0.2, -0.15) is 4.90 Å². The maximum absolute atomic E-state index is 13.5. The van der Waals surface area contributed by atoms with Gasteiger partial charge in [-0.05, 0) is 42.0 Å². The van der Waals surface area contributed by atoms with E-state index < -0.39 is 54.9 Å². The van der Waals surface area contributed by atoms with E-state index in [4.69, 9.17) is 22.1 Å². The molecule has 4 rings (SSSR count). The summed E-state index contributed by atoms with van der Waals surface area (Å²) in [5.41, 5.74) is -0.379. The topological polar surface area (TPSA) is 254 Å². The number of methoxy groups -OCH3 is 2. The van der Waals surface area contributed by atoms with Crippen LogP contribution in [0.25, 0.3) is 11.3 Å². The predicted octanol–water partition coefficient (Wildman–Crippen LogP) is -1.33. The third-order valence-corrected chi connectivity index (χ3v) is 9.02. The van der Waals surface area contributed by atoms with Gasteiger partial charge < -0.3 is 65.5 Å². The summed E-state index contributed by atoms with van der Waals surface area (Å²) in [6.07, 6.45) is 0.668. The zero-order chi connectivity index (χ0) is 40.8. The number of aliphatic hydroxyl groups is 7. The monoisotopic (exact) mass is 765 g/mol. The van der Waals surface area contributed by atoms with E-state index in [2.05, 4.69) is 10.6 Å². The van der Waals surface area contributed by atoms with Crippen molar-refractivity contribution < 1.29 is 64.3 Å². The molecule has 0 aromatic heterocycles. The average molecular weight is 766 g/mol. The van der Waals surface area contributed by atoms with Crippen LogP contribution >= 0.6 is 0 Å². The molecule has 3 aromatic carbocycles. The molecule has 9 N–H and O–H groups in total. The quantitative estimate of drug-likeness (QED) is 0.0156. The van der Waals surface area contributed by atoms with E-state index in [9.17, 15) is 50.1 Å². The number of hydrogen-bond acceptors (Lipinski definition) is 17. The van der Waals surface area contributed by atoms with Crippen molar-refractivity contribution in [2.75, 3.05) is 76.8 Å². The highest BCUT2D eigenvalue weighted by atomic mass is 16.7. The minimum atomic E-state index is -4.01. The second-order valence-corrected chi connectivity index (χ2v) is 12.4. The van der Waals surface area contributed by atoms with E-state index in [1.165, 1.54) is 39.5 Å². The molecule has 18 nitrogen and oxygen atoms in total. The van der Waals surface area contributed by atoms with E-state index in [1.54, 1.807) is 61.6 Å². The van der Waals surface area contributed by atoms with Gasteiger partial charge in [0.15, 0.2) is 6.29 Å². The summed E-state index contributed by atoms with van der Waals surface area (Å²) in [7, 11) is 11.3. The summed E-state index contributed by atoms with van der Waals surface area (Å²) in [5, 5.41) is 82.2. The highest BCUT2D eigenvalue weighted by Gasteiger charge is 2.74. The number of anilines is 3. The highest BCUT2D eigenvalue weighted by Crippen LogP contribution is 2.43. The Labute approximate surface area is 317 Å². The lowest BCUT2D eigenvalue weighted by molar-refractivity contribution is -0.564. The minimum absolute atomic E-state index is 0.0182. The van der Waals surface area contributed by atoms with Gasteiger partial charge in [0, 0.05) is 55.9 Å². The minimum Gasteiger partial charge on any atom is -0.465 e. The fourth-order valence-corrected chi connectivity index (χ4v) is 5.83. The van der Waals surface area contributed by atoms with Gasteiger partial charge in [-0.3, -0.25) is 9.59 Å². The maximum atomic E-state index is 13.5. The molecule has 1 heterocycles. The summed E-state index contributed by atoms with van der Waals surface area (Å²) in [4.78, 5) is 39.0. The number of piperazine rings is 1. The first-order chi connectivity index (χ1) is 25.9. The van der Waals surface area contributed by atoms with Crippen LogP contribution < -0.4 is 15.5 Å². The number of rotatable bonds is 16. The molecule has 19 heteroatoms. The number of hydrogen-bond donors (Lipinski definition) is 9. The van der Waals surface area contributed by atoms with Crippen LogP contribution in [0.4, 0.5) is 17.1 Å². The standard InChI is InChI=1S/C36H44BN5O13/c1-38-29-20-24(32(45)54-4)10-15-27(29)28(22-43)31(23-8-6-5-7-9-23)39-25-11-13-26(14-12-25)40(2)30(44)21-42-34(47,48)33(37,46)41(16-17-55-19-18-53-3)35(49,50)36(42,51)52/h5-15,20,22,38-39,46-52H,16-19,21H2,1-4H3/b31-28+. The normalized spacial score (nSPS) is 19.5. The molecule has 0 aliphatic carbocycles. The number of benzene rings is 3. The van der Waals surface area contributed by atoms with Crippen LogP contribution in [0.5, 0.6) is 0 Å². The molecule has 2 radical (unpaired) electrons. The fourth-order valence-electron chi connectivity index (χ4n) is 5.83. The van der Waals surface area contributed by atoms with Crippen LogP contribution in [0.15, 0.2) is 72.8 Å². The van der Waals surface area contributed by atoms with E-state index >= 15 is 0 Å². The Hall–Kier alpha value is -4.77. The number of carbonyl (C=O) groups excluding carboxylic acids is 3. The lowest BCUT2D eigenvalue weighted by Crippen LogP contribution is -2.91. The third kappa shape index (κ3) is 8.57. The van der Waals surface area contributed by atoms with Gasteiger partial charge in [0.25, 0.3) is 11.8 Å². The first kappa shape index (κ1) is 43.0. The van der Waals surface area contributed by atoms with E-state index in [0.717, 1.165) is 4.90 Å². The summed E-state index contributed by atoms with van der Waals surface area (Å²) in [6.45, 7) is -2.34. The van der Waals surface area contributed by atoms with Crippen molar-refractivity contribution in [2.24, 2.45) is 0 Å². The van der Waals surface area contributed by atoms with E-state index in [-0.39, 0.29) is 39.8 Å². The van der Waals surface area contributed by atoms with Crippen molar-refractivity contribution in [3.05, 3.63) is 89.5 Å². The Morgan fingerprint density at radius 3 is 2.05 bits per heavy atom. The van der Waals surface area contributed by atoms with E-state index in [1.807, 2.05) is 0 Å². The average Bonchev–Trinajstić information content (AvgIpc) is 3.17. The van der Waals surface area contributed by atoms with Crippen molar-refractivity contribution in [1.29, 1.82) is 0 Å². The summed E-state index contributed by atoms with van der Waals surface area (Å²) in [6, 6.07) is 19.7. The summed E-state index contributed by atoms with van der Waals surface area (Å²) >= 11 is 0. The smallest absolute Gasteiger partial charge is 0.337 e. The lowest BCUT2D eigenvalue weighted by atomic mass is 9.80. The molecule has 55 heavy (non-hydrogen) atoms. The largest absolute Gasteiger partial charge is 0.465 e. The van der Waals surface area contributed by atoms with Gasteiger partial charge in [0.1, 0.15) is 13.5 Å². The first-order valence-electron chi connectivity index (χ1n) is 16.7. The van der Waals surface area contributed by atoms with Crippen molar-refractivity contribution in [3.8, 4) is 0 Å². The zero-order valence-electron chi connectivity index (χ0n) is 30.5. The Kier molecular flexibility index (Phi) is 13.6. The third-order valence-electron chi connectivity index (χ3n) is 9.02. The van der Waals surface area contributed by atoms with E-state index in [0.29, 0.717) is 34.5 Å². The van der Waals surface area contributed by atoms with Gasteiger partial charge >= 0.3 is 11.9 Å². The molecular weight excluding hydrogens is 721 g/mol. The molecule has 1 unspecified atom stereocenters. The van der Waals surface area contributed by atoms with Crippen LogP contribution in [-0.4, -0.2) is 156 Å². The number of nitrogens with zero attached hydrogens (tertiary/aromatic N) is 3. The van der Waals surface area contributed by atoms with Crippen LogP contribution in [0.2, 0.25) is 0 Å². The van der Waals surface area contributed by atoms with Crippen molar-refractivity contribution >= 4 is 54.3 Å². The van der Waals surface area contributed by atoms with Crippen LogP contribution in [0, 0.1) is 0 Å². The van der Waals surface area contributed by atoms with Crippen LogP contribution in [0.3, 0.4) is 0 Å². The lowest BCUT2D eigenvalue weighted by Gasteiger charge is -2.62. The summed E-state index contributed by atoms with van der Waals surface area (Å²) < 4.78 is 14.8. The maximum Gasteiger partial charge on any atom is 0.337 e. The molecule has 3 aromatic rings. The number of aldehydes is 1. The Morgan fingerprint density at radius 1 is 0.836 bits per heavy atom. The van der Waals surface area contributed by atoms with Gasteiger partial charge in [0.05, 0.1) is 44.7 Å². The van der Waals surface area contributed by atoms with Crippen LogP contribution in [-0.2, 0) is 23.8 Å². The van der Waals surface area contributed by atoms with Gasteiger partial charge in [-0.15, -0.1) is 0 Å². The summed E-state index contributed by atoms with van der Waals surface area (Å²) in [5.74, 6) is -13.4. The molecule has 0 spiro atoms. The molecule has 0 saturated carbocycles. The molecule has 1 amide bonds. The van der Waals surface area contributed by atoms with Crippen LogP contribution in [0.1, 0.15) is 21.5 Å². The van der Waals surface area contributed by atoms with Gasteiger partial charge in [-0.25, -0.2) is 9.69 Å². The Bertz CT molecular complexity index is 1830. The molecule has 294 valence electrons. The predicted molar refractivity (Wildman–Crippen MR) is 198 cm³/mol. The molecule has 1 saturated heterocycles. The number of likely N-dealkylation sites (N-methyl/N-ethyl adjacent to an activating group) is 1. The fraction of sp³-hybridized carbons (Fsp3) is 0.361. The zero-order valence-corrected chi connectivity index (χ0v) is 30.5. The first-order valence-corrected chi connectivity index (χ1v) is 16.7. The molecule has 1 fully saturated rings. The molecule has 0 bridgehead atoms. The van der Waals surface area contributed by atoms with Crippen molar-refractivity contribution in [2.45, 2.75) is 23.4 Å². The number of amides is 1.